The summed E-state index contributed by atoms with van der Waals surface area (Å²) in [7, 11) is -2.83. The summed E-state index contributed by atoms with van der Waals surface area (Å²) < 4.78 is 22.4. The number of ketones is 1. The van der Waals surface area contributed by atoms with Crippen LogP contribution < -0.4 is 0 Å². The predicted molar refractivity (Wildman–Crippen MR) is 60.5 cm³/mol. The molecule has 0 aromatic heterocycles. The Hall–Kier alpha value is -0.380. The van der Waals surface area contributed by atoms with Crippen molar-refractivity contribution in [2.75, 3.05) is 11.5 Å². The molecule has 1 aliphatic heterocycles. The Balaban J connectivity index is 2.34. The first-order valence-corrected chi connectivity index (χ1v) is 7.47. The predicted octanol–water partition coefficient (Wildman–Crippen LogP) is 1.82. The second kappa shape index (κ2) is 5.10. The summed E-state index contributed by atoms with van der Waals surface area (Å²) in [5.74, 6) is 1.24. The summed E-state index contributed by atoms with van der Waals surface area (Å²) in [5.41, 5.74) is 0. The van der Waals surface area contributed by atoms with E-state index in [-0.39, 0.29) is 23.2 Å². The van der Waals surface area contributed by atoms with Gasteiger partial charge in [0.15, 0.2) is 9.84 Å². The number of hydrogen-bond acceptors (Lipinski definition) is 3. The second-order valence-corrected chi connectivity index (χ2v) is 6.96. The summed E-state index contributed by atoms with van der Waals surface area (Å²) in [4.78, 5) is 11.6. The Labute approximate surface area is 92.2 Å². The molecule has 15 heavy (non-hydrogen) atoms. The molecule has 1 fully saturated rings. The van der Waals surface area contributed by atoms with E-state index in [1.54, 1.807) is 0 Å². The molecule has 0 saturated carbocycles. The van der Waals surface area contributed by atoms with Crippen molar-refractivity contribution in [2.24, 2.45) is 11.8 Å². The average Bonchev–Trinajstić information content (AvgIpc) is 2.44. The van der Waals surface area contributed by atoms with Crippen LogP contribution in [0.1, 0.15) is 39.5 Å². The van der Waals surface area contributed by atoms with E-state index in [9.17, 15) is 13.2 Å². The maximum atomic E-state index is 11.6. The first kappa shape index (κ1) is 12.7. The maximum absolute atomic E-state index is 11.6. The molecule has 88 valence electrons. The van der Waals surface area contributed by atoms with Crippen molar-refractivity contribution in [2.45, 2.75) is 39.5 Å². The third-order valence-corrected chi connectivity index (χ3v) is 4.95. The molecule has 1 aliphatic rings. The number of carbonyl (C=O) groups is 1. The van der Waals surface area contributed by atoms with Gasteiger partial charge < -0.3 is 0 Å². The van der Waals surface area contributed by atoms with E-state index in [0.717, 1.165) is 6.42 Å². The summed E-state index contributed by atoms with van der Waals surface area (Å²) >= 11 is 0. The van der Waals surface area contributed by atoms with E-state index in [2.05, 4.69) is 13.8 Å². The highest BCUT2D eigenvalue weighted by atomic mass is 32.2. The Bertz CT molecular complexity index is 319. The van der Waals surface area contributed by atoms with Crippen LogP contribution in [0.2, 0.25) is 0 Å². The summed E-state index contributed by atoms with van der Waals surface area (Å²) in [6.07, 6.45) is 2.75. The van der Waals surface area contributed by atoms with Gasteiger partial charge in [0.05, 0.1) is 11.5 Å². The van der Waals surface area contributed by atoms with Crippen molar-refractivity contribution >= 4 is 15.6 Å². The van der Waals surface area contributed by atoms with Crippen LogP contribution in [0.4, 0.5) is 0 Å². The highest BCUT2D eigenvalue weighted by Crippen LogP contribution is 2.23. The lowest BCUT2D eigenvalue weighted by Gasteiger charge is -2.09. The second-order valence-electron chi connectivity index (χ2n) is 4.73. The zero-order chi connectivity index (χ0) is 11.5. The number of rotatable bonds is 5. The van der Waals surface area contributed by atoms with Crippen LogP contribution in [0.15, 0.2) is 0 Å². The van der Waals surface area contributed by atoms with Gasteiger partial charge in [0, 0.05) is 12.8 Å². The Morgan fingerprint density at radius 3 is 2.60 bits per heavy atom. The van der Waals surface area contributed by atoms with E-state index >= 15 is 0 Å². The maximum Gasteiger partial charge on any atom is 0.150 e. The SMILES string of the molecule is CCC(C)CC(=O)CC1CCS(=O)(=O)C1. The van der Waals surface area contributed by atoms with Crippen molar-refractivity contribution in [3.8, 4) is 0 Å². The Morgan fingerprint density at radius 2 is 2.13 bits per heavy atom. The van der Waals surface area contributed by atoms with Crippen LogP contribution in [0.3, 0.4) is 0 Å². The fraction of sp³-hybridized carbons (Fsp3) is 0.909. The van der Waals surface area contributed by atoms with Gasteiger partial charge in [-0.05, 0) is 18.3 Å². The average molecular weight is 232 g/mol. The molecule has 1 saturated heterocycles. The van der Waals surface area contributed by atoms with E-state index in [1.165, 1.54) is 0 Å². The fourth-order valence-corrected chi connectivity index (χ4v) is 3.83. The van der Waals surface area contributed by atoms with Gasteiger partial charge in [-0.3, -0.25) is 4.79 Å². The van der Waals surface area contributed by atoms with Gasteiger partial charge in [-0.15, -0.1) is 0 Å². The van der Waals surface area contributed by atoms with Crippen LogP contribution in [0, 0.1) is 11.8 Å². The highest BCUT2D eigenvalue weighted by Gasteiger charge is 2.29. The van der Waals surface area contributed by atoms with E-state index < -0.39 is 9.84 Å². The summed E-state index contributed by atoms with van der Waals surface area (Å²) in [5, 5.41) is 0. The third-order valence-electron chi connectivity index (χ3n) is 3.12. The molecular formula is C11H20O3S. The van der Waals surface area contributed by atoms with Gasteiger partial charge in [-0.25, -0.2) is 8.42 Å². The topological polar surface area (TPSA) is 51.2 Å². The molecule has 0 aliphatic carbocycles. The standard InChI is InChI=1S/C11H20O3S/c1-3-9(2)6-11(12)7-10-4-5-15(13,14)8-10/h9-10H,3-8H2,1-2H3. The molecule has 0 bridgehead atoms. The molecule has 2 atom stereocenters. The van der Waals surface area contributed by atoms with E-state index in [4.69, 9.17) is 0 Å². The molecular weight excluding hydrogens is 212 g/mol. The van der Waals surface area contributed by atoms with Gasteiger partial charge in [0.2, 0.25) is 0 Å². The lowest BCUT2D eigenvalue weighted by atomic mass is 9.95. The molecule has 1 rings (SSSR count). The fourth-order valence-electron chi connectivity index (χ4n) is 1.97. The van der Waals surface area contributed by atoms with E-state index in [1.807, 2.05) is 0 Å². The lowest BCUT2D eigenvalue weighted by Crippen LogP contribution is -2.12. The van der Waals surface area contributed by atoms with Gasteiger partial charge in [-0.2, -0.15) is 0 Å². The highest BCUT2D eigenvalue weighted by molar-refractivity contribution is 7.91. The number of Topliss-reactive ketones (excluding diaryl/α,β-unsaturated/α-hetero) is 1. The Morgan fingerprint density at radius 1 is 1.47 bits per heavy atom. The third kappa shape index (κ3) is 4.33. The van der Waals surface area contributed by atoms with Crippen LogP contribution in [0.5, 0.6) is 0 Å². The van der Waals surface area contributed by atoms with Crippen molar-refractivity contribution in [3.05, 3.63) is 0 Å². The number of sulfone groups is 1. The monoisotopic (exact) mass is 232 g/mol. The number of hydrogen-bond donors (Lipinski definition) is 0. The van der Waals surface area contributed by atoms with Crippen LogP contribution >= 0.6 is 0 Å². The molecule has 2 unspecified atom stereocenters. The van der Waals surface area contributed by atoms with Crippen LogP contribution in [-0.4, -0.2) is 25.7 Å². The zero-order valence-corrected chi connectivity index (χ0v) is 10.3. The van der Waals surface area contributed by atoms with E-state index in [0.29, 0.717) is 25.2 Å². The van der Waals surface area contributed by atoms with Gasteiger partial charge in [0.1, 0.15) is 5.78 Å². The largest absolute Gasteiger partial charge is 0.300 e. The number of carbonyl (C=O) groups excluding carboxylic acids is 1. The molecule has 0 aromatic rings. The van der Waals surface area contributed by atoms with Gasteiger partial charge in [0.25, 0.3) is 0 Å². The Kier molecular flexibility index (Phi) is 4.32. The molecule has 3 nitrogen and oxygen atoms in total. The lowest BCUT2D eigenvalue weighted by molar-refractivity contribution is -0.120. The van der Waals surface area contributed by atoms with Crippen molar-refractivity contribution in [1.82, 2.24) is 0 Å². The minimum absolute atomic E-state index is 0.0894. The molecule has 0 N–H and O–H groups in total. The van der Waals surface area contributed by atoms with Crippen molar-refractivity contribution in [1.29, 1.82) is 0 Å². The molecule has 0 spiro atoms. The van der Waals surface area contributed by atoms with Crippen LogP contribution in [-0.2, 0) is 14.6 Å². The molecule has 1 heterocycles. The molecule has 0 aromatic carbocycles. The quantitative estimate of drug-likeness (QED) is 0.726. The normalized spacial score (nSPS) is 26.4. The zero-order valence-electron chi connectivity index (χ0n) is 9.53. The minimum atomic E-state index is -2.83. The summed E-state index contributed by atoms with van der Waals surface area (Å²) in [6, 6.07) is 0. The molecule has 0 amide bonds. The van der Waals surface area contributed by atoms with Crippen molar-refractivity contribution in [3.63, 3.8) is 0 Å². The van der Waals surface area contributed by atoms with Crippen molar-refractivity contribution < 1.29 is 13.2 Å². The smallest absolute Gasteiger partial charge is 0.150 e. The first-order chi connectivity index (χ1) is 6.93. The van der Waals surface area contributed by atoms with Gasteiger partial charge >= 0.3 is 0 Å². The first-order valence-electron chi connectivity index (χ1n) is 5.65. The van der Waals surface area contributed by atoms with Gasteiger partial charge in [-0.1, -0.05) is 20.3 Å². The summed E-state index contributed by atoms with van der Waals surface area (Å²) in [6.45, 7) is 4.13. The molecule has 0 radical (unpaired) electrons. The minimum Gasteiger partial charge on any atom is -0.300 e. The van der Waals surface area contributed by atoms with Crippen LogP contribution in [0.25, 0.3) is 0 Å². The molecule has 4 heteroatoms.